The monoisotopic (exact) mass is 230 g/mol. The largest absolute Gasteiger partial charge is 0.466 e. The molecule has 5 heteroatoms. The lowest BCUT2D eigenvalue weighted by Crippen LogP contribution is -2.36. The van der Waals surface area contributed by atoms with Crippen LogP contribution in [0, 0.1) is 0 Å². The summed E-state index contributed by atoms with van der Waals surface area (Å²) in [6.07, 6.45) is 3.93. The van der Waals surface area contributed by atoms with E-state index in [1.165, 1.54) is 6.92 Å². The molecule has 0 aromatic carbocycles. The minimum Gasteiger partial charge on any atom is -0.466 e. The molecule has 0 spiro atoms. The summed E-state index contributed by atoms with van der Waals surface area (Å²) in [5.41, 5.74) is 0. The van der Waals surface area contributed by atoms with E-state index < -0.39 is 0 Å². The molecule has 0 aromatic heterocycles. The fraction of sp³-hybridized carbons (Fsp3) is 0.818. The van der Waals surface area contributed by atoms with Gasteiger partial charge in [-0.1, -0.05) is 19.8 Å². The number of ether oxygens (including phenoxy) is 1. The number of urea groups is 1. The van der Waals surface area contributed by atoms with Crippen molar-refractivity contribution in [2.75, 3.05) is 19.7 Å². The maximum Gasteiger partial charge on any atom is 0.314 e. The first-order chi connectivity index (χ1) is 7.66. The van der Waals surface area contributed by atoms with Gasteiger partial charge in [0, 0.05) is 20.0 Å². The fourth-order valence-corrected chi connectivity index (χ4v) is 1.13. The van der Waals surface area contributed by atoms with Gasteiger partial charge in [0.15, 0.2) is 0 Å². The molecule has 0 radical (unpaired) electrons. The van der Waals surface area contributed by atoms with E-state index in [-0.39, 0.29) is 12.0 Å². The second-order valence-corrected chi connectivity index (χ2v) is 3.58. The SMILES string of the molecule is CCCCCNC(=O)NCCCOC(C)=O. The maximum atomic E-state index is 11.2. The minimum atomic E-state index is -0.288. The summed E-state index contributed by atoms with van der Waals surface area (Å²) in [6, 6.07) is -0.154. The van der Waals surface area contributed by atoms with Crippen LogP contribution in [0.3, 0.4) is 0 Å². The van der Waals surface area contributed by atoms with Crippen LogP contribution in [-0.2, 0) is 9.53 Å². The zero-order valence-corrected chi connectivity index (χ0v) is 10.2. The first kappa shape index (κ1) is 14.7. The Hall–Kier alpha value is -1.26. The van der Waals surface area contributed by atoms with Crippen LogP contribution in [0.4, 0.5) is 4.79 Å². The van der Waals surface area contributed by atoms with Crippen LogP contribution < -0.4 is 10.6 Å². The molecule has 2 N–H and O–H groups in total. The van der Waals surface area contributed by atoms with Crippen LogP contribution in [0.25, 0.3) is 0 Å². The molecular weight excluding hydrogens is 208 g/mol. The summed E-state index contributed by atoms with van der Waals surface area (Å²) in [4.78, 5) is 21.6. The number of amides is 2. The van der Waals surface area contributed by atoms with Crippen molar-refractivity contribution in [1.29, 1.82) is 0 Å². The van der Waals surface area contributed by atoms with Crippen LogP contribution in [0.2, 0.25) is 0 Å². The molecule has 0 aliphatic heterocycles. The van der Waals surface area contributed by atoms with Gasteiger partial charge in [0.2, 0.25) is 0 Å². The van der Waals surface area contributed by atoms with Crippen molar-refractivity contribution in [2.45, 2.75) is 39.5 Å². The zero-order valence-electron chi connectivity index (χ0n) is 10.2. The molecule has 0 saturated heterocycles. The number of carbonyl (C=O) groups is 2. The Morgan fingerprint density at radius 1 is 1.06 bits per heavy atom. The predicted molar refractivity (Wildman–Crippen MR) is 62.2 cm³/mol. The van der Waals surface area contributed by atoms with E-state index in [0.717, 1.165) is 19.3 Å². The fourth-order valence-electron chi connectivity index (χ4n) is 1.13. The van der Waals surface area contributed by atoms with E-state index in [0.29, 0.717) is 26.1 Å². The number of carbonyl (C=O) groups excluding carboxylic acids is 2. The lowest BCUT2D eigenvalue weighted by atomic mass is 10.2. The summed E-state index contributed by atoms with van der Waals surface area (Å²) >= 11 is 0. The highest BCUT2D eigenvalue weighted by Crippen LogP contribution is 1.90. The lowest BCUT2D eigenvalue weighted by molar-refractivity contribution is -0.140. The Bertz CT molecular complexity index is 207. The molecule has 0 saturated carbocycles. The Kier molecular flexibility index (Phi) is 9.46. The van der Waals surface area contributed by atoms with Crippen LogP contribution >= 0.6 is 0 Å². The van der Waals surface area contributed by atoms with Crippen LogP contribution in [0.1, 0.15) is 39.5 Å². The molecule has 0 aliphatic rings. The first-order valence-corrected chi connectivity index (χ1v) is 5.82. The number of hydrogen-bond acceptors (Lipinski definition) is 3. The molecule has 94 valence electrons. The number of hydrogen-bond donors (Lipinski definition) is 2. The van der Waals surface area contributed by atoms with Crippen molar-refractivity contribution in [3.63, 3.8) is 0 Å². The topological polar surface area (TPSA) is 67.4 Å². The van der Waals surface area contributed by atoms with Crippen molar-refractivity contribution >= 4 is 12.0 Å². The zero-order chi connectivity index (χ0) is 12.2. The third kappa shape index (κ3) is 10.8. The Labute approximate surface area is 96.9 Å². The van der Waals surface area contributed by atoms with Gasteiger partial charge in [-0.3, -0.25) is 4.79 Å². The van der Waals surface area contributed by atoms with E-state index in [1.807, 2.05) is 0 Å². The Morgan fingerprint density at radius 3 is 2.25 bits per heavy atom. The minimum absolute atomic E-state index is 0.154. The predicted octanol–water partition coefficient (Wildman–Crippen LogP) is 1.43. The first-order valence-electron chi connectivity index (χ1n) is 5.82. The van der Waals surface area contributed by atoms with Gasteiger partial charge in [-0.15, -0.1) is 0 Å². The summed E-state index contributed by atoms with van der Waals surface area (Å²) < 4.78 is 4.73. The van der Waals surface area contributed by atoms with Gasteiger partial charge in [0.05, 0.1) is 6.61 Å². The average molecular weight is 230 g/mol. The maximum absolute atomic E-state index is 11.2. The van der Waals surface area contributed by atoms with Crippen molar-refractivity contribution in [1.82, 2.24) is 10.6 Å². The van der Waals surface area contributed by atoms with Gasteiger partial charge >= 0.3 is 12.0 Å². The van der Waals surface area contributed by atoms with Gasteiger partial charge in [-0.05, 0) is 12.8 Å². The Morgan fingerprint density at radius 2 is 1.69 bits per heavy atom. The third-order valence-corrected chi connectivity index (χ3v) is 1.98. The van der Waals surface area contributed by atoms with Crippen molar-refractivity contribution in [2.24, 2.45) is 0 Å². The third-order valence-electron chi connectivity index (χ3n) is 1.98. The highest BCUT2D eigenvalue weighted by Gasteiger charge is 1.98. The molecule has 0 atom stereocenters. The lowest BCUT2D eigenvalue weighted by Gasteiger charge is -2.07. The molecule has 0 unspecified atom stereocenters. The molecule has 5 nitrogen and oxygen atoms in total. The normalized spacial score (nSPS) is 9.62. The van der Waals surface area contributed by atoms with Crippen LogP contribution in [0.15, 0.2) is 0 Å². The van der Waals surface area contributed by atoms with Crippen molar-refractivity contribution in [3.8, 4) is 0 Å². The van der Waals surface area contributed by atoms with Gasteiger partial charge in [0.25, 0.3) is 0 Å². The quantitative estimate of drug-likeness (QED) is 0.489. The standard InChI is InChI=1S/C11H22N2O3/c1-3-4-5-7-12-11(15)13-8-6-9-16-10(2)14/h3-9H2,1-2H3,(H2,12,13,15). The molecule has 2 amide bonds. The van der Waals surface area contributed by atoms with Gasteiger partial charge in [0.1, 0.15) is 0 Å². The summed E-state index contributed by atoms with van der Waals surface area (Å²) in [7, 11) is 0. The molecule has 0 fully saturated rings. The molecule has 0 aromatic rings. The van der Waals surface area contributed by atoms with Crippen LogP contribution in [0.5, 0.6) is 0 Å². The Balaban J connectivity index is 3.20. The number of esters is 1. The van der Waals surface area contributed by atoms with Crippen molar-refractivity contribution in [3.05, 3.63) is 0 Å². The highest BCUT2D eigenvalue weighted by molar-refractivity contribution is 5.73. The smallest absolute Gasteiger partial charge is 0.314 e. The molecular formula is C11H22N2O3. The van der Waals surface area contributed by atoms with Gasteiger partial charge in [-0.2, -0.15) is 0 Å². The van der Waals surface area contributed by atoms with E-state index in [9.17, 15) is 9.59 Å². The van der Waals surface area contributed by atoms with E-state index >= 15 is 0 Å². The highest BCUT2D eigenvalue weighted by atomic mass is 16.5. The summed E-state index contributed by atoms with van der Waals surface area (Å²) in [5, 5.41) is 5.45. The van der Waals surface area contributed by atoms with Crippen molar-refractivity contribution < 1.29 is 14.3 Å². The summed E-state index contributed by atoms with van der Waals surface area (Å²) in [6.45, 7) is 5.07. The van der Waals surface area contributed by atoms with E-state index in [2.05, 4.69) is 17.6 Å². The second kappa shape index (κ2) is 10.3. The molecule has 0 rings (SSSR count). The average Bonchev–Trinajstić information content (AvgIpc) is 2.23. The number of unbranched alkanes of at least 4 members (excludes halogenated alkanes) is 2. The number of rotatable bonds is 8. The molecule has 0 heterocycles. The van der Waals surface area contributed by atoms with E-state index in [1.54, 1.807) is 0 Å². The molecule has 16 heavy (non-hydrogen) atoms. The van der Waals surface area contributed by atoms with Gasteiger partial charge < -0.3 is 15.4 Å². The molecule has 0 bridgehead atoms. The number of nitrogens with one attached hydrogen (secondary N) is 2. The van der Waals surface area contributed by atoms with Crippen LogP contribution in [-0.4, -0.2) is 31.7 Å². The summed E-state index contributed by atoms with van der Waals surface area (Å²) in [5.74, 6) is -0.288. The van der Waals surface area contributed by atoms with Gasteiger partial charge in [-0.25, -0.2) is 4.79 Å². The second-order valence-electron chi connectivity index (χ2n) is 3.58. The van der Waals surface area contributed by atoms with E-state index in [4.69, 9.17) is 4.74 Å². The molecule has 0 aliphatic carbocycles.